The van der Waals surface area contributed by atoms with E-state index in [2.05, 4.69) is 30.7 Å². The van der Waals surface area contributed by atoms with E-state index < -0.39 is 5.97 Å². The first-order chi connectivity index (χ1) is 15.0. The molecule has 0 aliphatic heterocycles. The molecule has 0 bridgehead atoms. The normalized spacial score (nSPS) is 11.8. The summed E-state index contributed by atoms with van der Waals surface area (Å²) in [5.41, 5.74) is 4.41. The van der Waals surface area contributed by atoms with Crippen molar-refractivity contribution in [2.45, 2.75) is 40.3 Å². The number of carboxylic acid groups (broad SMARTS) is 1. The van der Waals surface area contributed by atoms with Crippen molar-refractivity contribution in [1.29, 1.82) is 0 Å². The molecule has 0 spiro atoms. The summed E-state index contributed by atoms with van der Waals surface area (Å²) >= 11 is 0. The van der Waals surface area contributed by atoms with Crippen molar-refractivity contribution in [2.75, 3.05) is 0 Å². The predicted molar refractivity (Wildman–Crippen MR) is 125 cm³/mol. The maximum Gasteiger partial charge on any atom is 0.335 e. The Morgan fingerprint density at radius 3 is 2.55 bits per heavy atom. The lowest BCUT2D eigenvalue weighted by Gasteiger charge is -2.07. The molecular formula is C26H28N2O3. The fraction of sp³-hybridized carbons (Fsp3) is 0.231. The maximum absolute atomic E-state index is 11.1. The van der Waals surface area contributed by atoms with E-state index in [4.69, 9.17) is 14.8 Å². The Labute approximate surface area is 183 Å². The largest absolute Gasteiger partial charge is 0.489 e. The van der Waals surface area contributed by atoms with Crippen LogP contribution in [0.4, 0.5) is 0 Å². The van der Waals surface area contributed by atoms with Crippen molar-refractivity contribution in [3.8, 4) is 5.75 Å². The van der Waals surface area contributed by atoms with Crippen LogP contribution in [0.3, 0.4) is 0 Å². The number of aromatic nitrogens is 2. The fourth-order valence-corrected chi connectivity index (χ4v) is 3.31. The summed E-state index contributed by atoms with van der Waals surface area (Å²) in [6.07, 6.45) is 9.26. The van der Waals surface area contributed by atoms with Gasteiger partial charge in [0.2, 0.25) is 0 Å². The highest BCUT2D eigenvalue weighted by molar-refractivity contribution is 5.87. The number of carbonyl (C=O) groups is 1. The zero-order chi connectivity index (χ0) is 22.2. The van der Waals surface area contributed by atoms with Crippen LogP contribution in [-0.4, -0.2) is 20.6 Å². The van der Waals surface area contributed by atoms with Gasteiger partial charge in [-0.3, -0.25) is 0 Å². The second kappa shape index (κ2) is 10.4. The third-order valence-electron chi connectivity index (χ3n) is 5.09. The van der Waals surface area contributed by atoms with Gasteiger partial charge in [-0.05, 0) is 67.3 Å². The standard InChI is InChI=1S/C26H28N2O3/c1-4-21(5-2)24-17-28(6-3)25(27-24)15-12-19-10-13-23(14-11-19)31-18-20-8-7-9-22(16-20)26(29)30/h4,7-17H,5-6,18H2,1-3H3,(H,29,30)/b15-12+,21-4+. The molecule has 0 saturated heterocycles. The number of benzene rings is 2. The van der Waals surface area contributed by atoms with E-state index in [9.17, 15) is 4.79 Å². The maximum atomic E-state index is 11.1. The molecule has 0 atom stereocenters. The highest BCUT2D eigenvalue weighted by Gasteiger charge is 2.07. The molecule has 1 aromatic heterocycles. The van der Waals surface area contributed by atoms with E-state index in [0.717, 1.165) is 41.4 Å². The van der Waals surface area contributed by atoms with Crippen LogP contribution in [0.25, 0.3) is 17.7 Å². The van der Waals surface area contributed by atoms with Gasteiger partial charge in [0.1, 0.15) is 18.2 Å². The molecular weight excluding hydrogens is 388 g/mol. The predicted octanol–water partition coefficient (Wildman–Crippen LogP) is 6.16. The number of hydrogen-bond donors (Lipinski definition) is 1. The van der Waals surface area contributed by atoms with Crippen molar-refractivity contribution in [3.05, 3.63) is 89.0 Å². The number of hydrogen-bond acceptors (Lipinski definition) is 3. The molecule has 0 amide bonds. The molecule has 31 heavy (non-hydrogen) atoms. The quantitative estimate of drug-likeness (QED) is 0.453. The Hall–Kier alpha value is -3.60. The molecule has 0 saturated carbocycles. The zero-order valence-electron chi connectivity index (χ0n) is 18.2. The Morgan fingerprint density at radius 1 is 1.13 bits per heavy atom. The van der Waals surface area contributed by atoms with Gasteiger partial charge in [0.25, 0.3) is 0 Å². The SMILES string of the molecule is C/C=C(\CC)c1cn(CC)c(/C=C/c2ccc(OCc3cccc(C(=O)O)c3)cc2)n1. The van der Waals surface area contributed by atoms with Gasteiger partial charge in [-0.2, -0.15) is 0 Å². The van der Waals surface area contributed by atoms with Gasteiger partial charge in [-0.1, -0.05) is 43.3 Å². The van der Waals surface area contributed by atoms with E-state index in [1.165, 1.54) is 5.57 Å². The van der Waals surface area contributed by atoms with Crippen molar-refractivity contribution in [1.82, 2.24) is 9.55 Å². The summed E-state index contributed by atoms with van der Waals surface area (Å²) < 4.78 is 7.94. The average molecular weight is 417 g/mol. The third kappa shape index (κ3) is 5.72. The van der Waals surface area contributed by atoms with E-state index >= 15 is 0 Å². The van der Waals surface area contributed by atoms with E-state index in [1.54, 1.807) is 18.2 Å². The topological polar surface area (TPSA) is 64.3 Å². The third-order valence-corrected chi connectivity index (χ3v) is 5.09. The first-order valence-corrected chi connectivity index (χ1v) is 10.5. The minimum atomic E-state index is -0.939. The van der Waals surface area contributed by atoms with Crippen LogP contribution in [0.5, 0.6) is 5.75 Å². The second-order valence-corrected chi connectivity index (χ2v) is 7.13. The summed E-state index contributed by atoms with van der Waals surface area (Å²) in [7, 11) is 0. The van der Waals surface area contributed by atoms with Gasteiger partial charge >= 0.3 is 5.97 Å². The number of aromatic carboxylic acids is 1. The summed E-state index contributed by atoms with van der Waals surface area (Å²) in [4.78, 5) is 15.9. The van der Waals surface area contributed by atoms with Crippen molar-refractivity contribution >= 4 is 23.7 Å². The smallest absolute Gasteiger partial charge is 0.335 e. The molecule has 1 heterocycles. The average Bonchev–Trinajstić information content (AvgIpc) is 3.21. The second-order valence-electron chi connectivity index (χ2n) is 7.13. The van der Waals surface area contributed by atoms with Crippen LogP contribution < -0.4 is 4.74 Å². The van der Waals surface area contributed by atoms with E-state index in [1.807, 2.05) is 49.4 Å². The van der Waals surface area contributed by atoms with Crippen LogP contribution in [0.1, 0.15) is 60.2 Å². The van der Waals surface area contributed by atoms with Crippen molar-refractivity contribution < 1.29 is 14.6 Å². The monoisotopic (exact) mass is 416 g/mol. The molecule has 5 heteroatoms. The van der Waals surface area contributed by atoms with Gasteiger partial charge < -0.3 is 14.4 Å². The molecule has 3 rings (SSSR count). The summed E-state index contributed by atoms with van der Waals surface area (Å²) in [6, 6.07) is 14.6. The lowest BCUT2D eigenvalue weighted by Crippen LogP contribution is -2.00. The summed E-state index contributed by atoms with van der Waals surface area (Å²) in [6.45, 7) is 7.48. The molecule has 0 aliphatic carbocycles. The molecule has 0 fully saturated rings. The minimum Gasteiger partial charge on any atom is -0.489 e. The highest BCUT2D eigenvalue weighted by atomic mass is 16.5. The lowest BCUT2D eigenvalue weighted by molar-refractivity contribution is 0.0696. The molecule has 0 unspecified atom stereocenters. The summed E-state index contributed by atoms with van der Waals surface area (Å²) in [5, 5.41) is 9.09. The lowest BCUT2D eigenvalue weighted by atomic mass is 10.1. The van der Waals surface area contributed by atoms with Gasteiger partial charge in [0.05, 0.1) is 11.3 Å². The molecule has 0 radical (unpaired) electrons. The van der Waals surface area contributed by atoms with Crippen LogP contribution in [-0.2, 0) is 13.2 Å². The number of nitrogens with zero attached hydrogens (tertiary/aromatic N) is 2. The Kier molecular flexibility index (Phi) is 7.44. The van der Waals surface area contributed by atoms with Gasteiger partial charge in [-0.15, -0.1) is 0 Å². The Morgan fingerprint density at radius 2 is 1.90 bits per heavy atom. The van der Waals surface area contributed by atoms with E-state index in [-0.39, 0.29) is 5.56 Å². The van der Waals surface area contributed by atoms with Crippen molar-refractivity contribution in [2.24, 2.45) is 0 Å². The number of aryl methyl sites for hydroxylation is 1. The number of rotatable bonds is 9. The zero-order valence-corrected chi connectivity index (χ0v) is 18.2. The van der Waals surface area contributed by atoms with Crippen LogP contribution >= 0.6 is 0 Å². The van der Waals surface area contributed by atoms with Crippen LogP contribution in [0.2, 0.25) is 0 Å². The fourth-order valence-electron chi connectivity index (χ4n) is 3.31. The van der Waals surface area contributed by atoms with Gasteiger partial charge in [0.15, 0.2) is 0 Å². The van der Waals surface area contributed by atoms with Crippen molar-refractivity contribution in [3.63, 3.8) is 0 Å². The molecule has 2 aromatic carbocycles. The minimum absolute atomic E-state index is 0.260. The highest BCUT2D eigenvalue weighted by Crippen LogP contribution is 2.20. The Bertz CT molecular complexity index is 1090. The van der Waals surface area contributed by atoms with Gasteiger partial charge in [-0.25, -0.2) is 9.78 Å². The molecule has 3 aromatic rings. The number of carboxylic acids is 1. The number of allylic oxidation sites excluding steroid dienone is 2. The number of imidazole rings is 1. The molecule has 1 N–H and O–H groups in total. The molecule has 160 valence electrons. The molecule has 5 nitrogen and oxygen atoms in total. The Balaban J connectivity index is 1.66. The molecule has 0 aliphatic rings. The summed E-state index contributed by atoms with van der Waals surface area (Å²) in [5.74, 6) is 0.727. The first-order valence-electron chi connectivity index (χ1n) is 10.5. The first kappa shape index (κ1) is 22.1. The van der Waals surface area contributed by atoms with Crippen LogP contribution in [0.15, 0.2) is 60.8 Å². The van der Waals surface area contributed by atoms with Crippen LogP contribution in [0, 0.1) is 0 Å². The van der Waals surface area contributed by atoms with Gasteiger partial charge in [0, 0.05) is 12.7 Å². The van der Waals surface area contributed by atoms with E-state index in [0.29, 0.717) is 6.61 Å². The number of ether oxygens (including phenoxy) is 1.